The predicted octanol–water partition coefficient (Wildman–Crippen LogP) is 2.11. The van der Waals surface area contributed by atoms with E-state index in [0.717, 1.165) is 11.1 Å². The lowest BCUT2D eigenvalue weighted by atomic mass is 10.2. The summed E-state index contributed by atoms with van der Waals surface area (Å²) in [5.41, 5.74) is 7.54. The van der Waals surface area contributed by atoms with E-state index in [1.165, 1.54) is 0 Å². The van der Waals surface area contributed by atoms with Gasteiger partial charge in [-0.05, 0) is 30.2 Å². The fourth-order valence-electron chi connectivity index (χ4n) is 1.16. The van der Waals surface area contributed by atoms with E-state index in [0.29, 0.717) is 24.7 Å². The van der Waals surface area contributed by atoms with Gasteiger partial charge in [0.15, 0.2) is 11.5 Å². The first-order valence-corrected chi connectivity index (χ1v) is 4.81. The van der Waals surface area contributed by atoms with Crippen LogP contribution in [0.3, 0.4) is 0 Å². The Morgan fingerprint density at radius 1 is 1.40 bits per heavy atom. The van der Waals surface area contributed by atoms with E-state index in [1.54, 1.807) is 7.11 Å². The van der Waals surface area contributed by atoms with Crippen LogP contribution in [0, 0.1) is 0 Å². The lowest BCUT2D eigenvalue weighted by molar-refractivity contribution is 0.319. The highest BCUT2D eigenvalue weighted by molar-refractivity contribution is 5.43. The summed E-state index contributed by atoms with van der Waals surface area (Å²) in [7, 11) is 1.62. The van der Waals surface area contributed by atoms with E-state index >= 15 is 0 Å². The molecule has 0 bridgehead atoms. The molecule has 0 unspecified atom stereocenters. The molecule has 0 saturated carbocycles. The van der Waals surface area contributed by atoms with Gasteiger partial charge in [-0.15, -0.1) is 0 Å². The number of rotatable bonds is 5. The summed E-state index contributed by atoms with van der Waals surface area (Å²) < 4.78 is 10.7. The fourth-order valence-corrected chi connectivity index (χ4v) is 1.16. The van der Waals surface area contributed by atoms with E-state index in [-0.39, 0.29) is 0 Å². The second-order valence-electron chi connectivity index (χ2n) is 3.44. The molecule has 0 amide bonds. The molecule has 0 aromatic heterocycles. The Hall–Kier alpha value is -1.48. The maximum absolute atomic E-state index is 5.55. The van der Waals surface area contributed by atoms with Gasteiger partial charge in [0, 0.05) is 6.54 Å². The summed E-state index contributed by atoms with van der Waals surface area (Å²) in [6.07, 6.45) is 0. The van der Waals surface area contributed by atoms with Crippen LogP contribution in [0.4, 0.5) is 0 Å². The van der Waals surface area contributed by atoms with Crippen molar-refractivity contribution in [1.82, 2.24) is 0 Å². The van der Waals surface area contributed by atoms with Crippen LogP contribution < -0.4 is 15.2 Å². The number of ether oxygens (including phenoxy) is 2. The number of nitrogens with two attached hydrogens (primary N) is 1. The van der Waals surface area contributed by atoms with Gasteiger partial charge in [-0.2, -0.15) is 0 Å². The first-order valence-electron chi connectivity index (χ1n) is 4.81. The lowest BCUT2D eigenvalue weighted by Gasteiger charge is -2.11. The third kappa shape index (κ3) is 3.29. The van der Waals surface area contributed by atoms with E-state index in [1.807, 2.05) is 25.1 Å². The molecule has 0 fully saturated rings. The molecule has 15 heavy (non-hydrogen) atoms. The van der Waals surface area contributed by atoms with Gasteiger partial charge in [-0.1, -0.05) is 12.6 Å². The molecule has 1 aromatic carbocycles. The zero-order chi connectivity index (χ0) is 11.3. The second-order valence-corrected chi connectivity index (χ2v) is 3.44. The molecule has 0 aliphatic carbocycles. The average Bonchev–Trinajstić information content (AvgIpc) is 2.25. The van der Waals surface area contributed by atoms with Crippen molar-refractivity contribution in [1.29, 1.82) is 0 Å². The van der Waals surface area contributed by atoms with Crippen molar-refractivity contribution < 1.29 is 9.47 Å². The van der Waals surface area contributed by atoms with Crippen LogP contribution in [0.15, 0.2) is 30.4 Å². The summed E-state index contributed by atoms with van der Waals surface area (Å²) in [5, 5.41) is 0. The molecule has 0 radical (unpaired) electrons. The molecule has 1 rings (SSSR count). The monoisotopic (exact) mass is 207 g/mol. The highest BCUT2D eigenvalue weighted by Gasteiger charge is 2.04. The van der Waals surface area contributed by atoms with Crippen LogP contribution in [0.25, 0.3) is 0 Å². The minimum Gasteiger partial charge on any atom is -0.493 e. The number of hydrogen-bond donors (Lipinski definition) is 1. The fraction of sp³-hybridized carbons (Fsp3) is 0.333. The van der Waals surface area contributed by atoms with Crippen LogP contribution >= 0.6 is 0 Å². The SMILES string of the molecule is C=C(C)COc1cc(CN)ccc1OC. The Bertz CT molecular complexity index is 347. The Morgan fingerprint density at radius 2 is 2.13 bits per heavy atom. The van der Waals surface area contributed by atoms with Crippen molar-refractivity contribution in [2.45, 2.75) is 13.5 Å². The molecule has 0 aliphatic heterocycles. The van der Waals surface area contributed by atoms with Gasteiger partial charge >= 0.3 is 0 Å². The largest absolute Gasteiger partial charge is 0.493 e. The van der Waals surface area contributed by atoms with Crippen molar-refractivity contribution in [2.24, 2.45) is 5.73 Å². The van der Waals surface area contributed by atoms with Gasteiger partial charge in [0.05, 0.1) is 7.11 Å². The van der Waals surface area contributed by atoms with Crippen molar-refractivity contribution in [3.05, 3.63) is 35.9 Å². The Morgan fingerprint density at radius 3 is 2.67 bits per heavy atom. The normalized spacial score (nSPS) is 9.80. The first kappa shape index (κ1) is 11.6. The molecular weight excluding hydrogens is 190 g/mol. The molecule has 0 aliphatic rings. The molecule has 0 atom stereocenters. The third-order valence-corrected chi connectivity index (χ3v) is 1.94. The van der Waals surface area contributed by atoms with Crippen LogP contribution in [-0.2, 0) is 6.54 Å². The smallest absolute Gasteiger partial charge is 0.161 e. The molecular formula is C12H17NO2. The van der Waals surface area contributed by atoms with E-state index in [9.17, 15) is 0 Å². The molecule has 0 heterocycles. The summed E-state index contributed by atoms with van der Waals surface area (Å²) in [5.74, 6) is 1.43. The Kier molecular flexibility index (Phi) is 4.18. The minimum atomic E-state index is 0.490. The standard InChI is InChI=1S/C12H17NO2/c1-9(2)8-15-12-6-10(7-13)4-5-11(12)14-3/h4-6H,1,7-8,13H2,2-3H3. The van der Waals surface area contributed by atoms with Crippen LogP contribution in [0.1, 0.15) is 12.5 Å². The van der Waals surface area contributed by atoms with Crippen LogP contribution in [-0.4, -0.2) is 13.7 Å². The highest BCUT2D eigenvalue weighted by Crippen LogP contribution is 2.28. The summed E-state index contributed by atoms with van der Waals surface area (Å²) in [4.78, 5) is 0. The molecule has 0 spiro atoms. The average molecular weight is 207 g/mol. The predicted molar refractivity (Wildman–Crippen MR) is 61.2 cm³/mol. The zero-order valence-electron chi connectivity index (χ0n) is 9.25. The lowest BCUT2D eigenvalue weighted by Crippen LogP contribution is -2.02. The maximum Gasteiger partial charge on any atom is 0.161 e. The number of methoxy groups -OCH3 is 1. The molecule has 1 aromatic rings. The van der Waals surface area contributed by atoms with E-state index in [2.05, 4.69) is 6.58 Å². The molecule has 82 valence electrons. The third-order valence-electron chi connectivity index (χ3n) is 1.94. The molecule has 3 nitrogen and oxygen atoms in total. The number of benzene rings is 1. The molecule has 2 N–H and O–H groups in total. The molecule has 3 heteroatoms. The van der Waals surface area contributed by atoms with Gasteiger partial charge in [-0.3, -0.25) is 0 Å². The topological polar surface area (TPSA) is 44.5 Å². The summed E-state index contributed by atoms with van der Waals surface area (Å²) >= 11 is 0. The molecule has 0 saturated heterocycles. The van der Waals surface area contributed by atoms with Gasteiger partial charge in [-0.25, -0.2) is 0 Å². The van der Waals surface area contributed by atoms with Gasteiger partial charge in [0.25, 0.3) is 0 Å². The van der Waals surface area contributed by atoms with Crippen molar-refractivity contribution in [3.63, 3.8) is 0 Å². The van der Waals surface area contributed by atoms with Crippen LogP contribution in [0.2, 0.25) is 0 Å². The second kappa shape index (κ2) is 5.41. The minimum absolute atomic E-state index is 0.490. The van der Waals surface area contributed by atoms with Gasteiger partial charge in [0.1, 0.15) is 6.61 Å². The van der Waals surface area contributed by atoms with Gasteiger partial charge in [0.2, 0.25) is 0 Å². The Labute approximate surface area is 90.5 Å². The van der Waals surface area contributed by atoms with E-state index < -0.39 is 0 Å². The number of hydrogen-bond acceptors (Lipinski definition) is 3. The summed E-state index contributed by atoms with van der Waals surface area (Å²) in [6, 6.07) is 5.67. The van der Waals surface area contributed by atoms with Gasteiger partial charge < -0.3 is 15.2 Å². The first-order chi connectivity index (χ1) is 7.17. The van der Waals surface area contributed by atoms with Crippen molar-refractivity contribution >= 4 is 0 Å². The zero-order valence-corrected chi connectivity index (χ0v) is 9.25. The highest BCUT2D eigenvalue weighted by atomic mass is 16.5. The quantitative estimate of drug-likeness (QED) is 0.752. The summed E-state index contributed by atoms with van der Waals surface area (Å²) in [6.45, 7) is 6.68. The van der Waals surface area contributed by atoms with Crippen molar-refractivity contribution in [3.8, 4) is 11.5 Å². The van der Waals surface area contributed by atoms with Crippen LogP contribution in [0.5, 0.6) is 11.5 Å². The van der Waals surface area contributed by atoms with E-state index in [4.69, 9.17) is 15.2 Å². The Balaban J connectivity index is 2.85. The maximum atomic E-state index is 5.55. The van der Waals surface area contributed by atoms with Crippen molar-refractivity contribution in [2.75, 3.05) is 13.7 Å².